The Hall–Kier alpha value is -6.42. The Morgan fingerprint density at radius 2 is 0.902 bits per heavy atom. The van der Waals surface area contributed by atoms with E-state index in [1.165, 1.54) is 91.7 Å². The lowest BCUT2D eigenvalue weighted by atomic mass is 9.94. The number of fused-ring (bicyclic) bond motifs is 10. The second-order valence-electron chi connectivity index (χ2n) is 13.2. The molecule has 0 unspecified atom stereocenters. The molecule has 0 aliphatic heterocycles. The summed E-state index contributed by atoms with van der Waals surface area (Å²) in [6, 6.07) is 66.6. The molecule has 0 bridgehead atoms. The summed E-state index contributed by atoms with van der Waals surface area (Å²) in [5.41, 5.74) is 11.9. The van der Waals surface area contributed by atoms with E-state index in [2.05, 4.69) is 191 Å². The Balaban J connectivity index is 1.27. The Morgan fingerprint density at radius 1 is 0.333 bits per heavy atom. The first-order valence-electron chi connectivity index (χ1n) is 17.5. The Morgan fingerprint density at radius 3 is 1.67 bits per heavy atom. The Bertz CT molecular complexity index is 3090. The van der Waals surface area contributed by atoms with Crippen LogP contribution in [0.1, 0.15) is 0 Å². The molecule has 11 rings (SSSR count). The van der Waals surface area contributed by atoms with E-state index in [4.69, 9.17) is 0 Å². The first kappa shape index (κ1) is 28.4. The van der Waals surface area contributed by atoms with Crippen molar-refractivity contribution in [3.05, 3.63) is 182 Å². The standard InChI is InChI=1S/C48H30N2S/c1-2-15-31(16-3-1)32-22-14-23-37(47(32)50-41-25-10-4-17-33(41)34-18-5-11-26-42(34)50)35-19-6-9-24-40(35)49-43-27-12-7-21-39(43)46-44(49)30-29-38-36-20-8-13-28-45(36)51-48(38)46/h1-30H. The van der Waals surface area contributed by atoms with Gasteiger partial charge in [-0.2, -0.15) is 0 Å². The van der Waals surface area contributed by atoms with Crippen LogP contribution in [0.15, 0.2) is 182 Å². The van der Waals surface area contributed by atoms with E-state index < -0.39 is 0 Å². The van der Waals surface area contributed by atoms with Gasteiger partial charge >= 0.3 is 0 Å². The van der Waals surface area contributed by atoms with Crippen molar-refractivity contribution >= 4 is 75.1 Å². The highest BCUT2D eigenvalue weighted by molar-refractivity contribution is 7.26. The first-order valence-corrected chi connectivity index (χ1v) is 18.3. The van der Waals surface area contributed by atoms with Crippen LogP contribution in [-0.2, 0) is 0 Å². The highest BCUT2D eigenvalue weighted by Gasteiger charge is 2.23. The second-order valence-corrected chi connectivity index (χ2v) is 14.3. The maximum absolute atomic E-state index is 2.49. The third-order valence-corrected chi connectivity index (χ3v) is 11.7. The van der Waals surface area contributed by atoms with Gasteiger partial charge in [-0.05, 0) is 42.0 Å². The molecule has 0 fully saturated rings. The fourth-order valence-electron chi connectivity index (χ4n) is 8.41. The van der Waals surface area contributed by atoms with Gasteiger partial charge in [-0.25, -0.2) is 0 Å². The summed E-state index contributed by atoms with van der Waals surface area (Å²) in [4.78, 5) is 0. The zero-order chi connectivity index (χ0) is 33.5. The summed E-state index contributed by atoms with van der Waals surface area (Å²) in [6.07, 6.45) is 0. The number of hydrogen-bond donors (Lipinski definition) is 0. The van der Waals surface area contributed by atoms with Gasteiger partial charge in [0.05, 0.1) is 33.4 Å². The summed E-state index contributed by atoms with van der Waals surface area (Å²) < 4.78 is 7.66. The van der Waals surface area contributed by atoms with Crippen molar-refractivity contribution in [3.63, 3.8) is 0 Å². The number of para-hydroxylation sites is 5. The fourth-order valence-corrected chi connectivity index (χ4v) is 9.67. The van der Waals surface area contributed by atoms with Crippen LogP contribution >= 0.6 is 11.3 Å². The molecule has 0 aliphatic carbocycles. The number of benzene rings is 8. The summed E-state index contributed by atoms with van der Waals surface area (Å²) >= 11 is 1.90. The molecule has 0 atom stereocenters. The molecule has 11 aromatic rings. The van der Waals surface area contributed by atoms with Gasteiger partial charge in [-0.3, -0.25) is 0 Å². The molecule has 0 amide bonds. The normalized spacial score (nSPS) is 11.9. The van der Waals surface area contributed by atoms with E-state index >= 15 is 0 Å². The van der Waals surface area contributed by atoms with Crippen molar-refractivity contribution < 1.29 is 0 Å². The van der Waals surface area contributed by atoms with Crippen LogP contribution in [0.5, 0.6) is 0 Å². The molecule has 3 heterocycles. The van der Waals surface area contributed by atoms with Gasteiger partial charge in [0.2, 0.25) is 0 Å². The van der Waals surface area contributed by atoms with Crippen LogP contribution in [0.25, 0.3) is 97.4 Å². The lowest BCUT2D eigenvalue weighted by Gasteiger charge is -2.21. The summed E-state index contributed by atoms with van der Waals surface area (Å²) in [7, 11) is 0. The van der Waals surface area contributed by atoms with Gasteiger partial charge in [-0.1, -0.05) is 146 Å². The smallest absolute Gasteiger partial charge is 0.0619 e. The molecule has 0 N–H and O–H groups in total. The van der Waals surface area contributed by atoms with E-state index in [-0.39, 0.29) is 0 Å². The lowest BCUT2D eigenvalue weighted by molar-refractivity contribution is 1.16. The van der Waals surface area contributed by atoms with Crippen molar-refractivity contribution in [2.75, 3.05) is 0 Å². The largest absolute Gasteiger partial charge is 0.309 e. The Kier molecular flexibility index (Phi) is 6.16. The van der Waals surface area contributed by atoms with Crippen LogP contribution in [0.2, 0.25) is 0 Å². The van der Waals surface area contributed by atoms with Crippen molar-refractivity contribution in [1.82, 2.24) is 9.13 Å². The predicted octanol–water partition coefficient (Wildman–Crippen LogP) is 13.6. The van der Waals surface area contributed by atoms with Crippen LogP contribution in [0.4, 0.5) is 0 Å². The lowest BCUT2D eigenvalue weighted by Crippen LogP contribution is -2.03. The van der Waals surface area contributed by atoms with Gasteiger partial charge < -0.3 is 9.13 Å². The van der Waals surface area contributed by atoms with Crippen molar-refractivity contribution in [2.24, 2.45) is 0 Å². The molecule has 3 aromatic heterocycles. The van der Waals surface area contributed by atoms with Crippen LogP contribution in [0, 0.1) is 0 Å². The van der Waals surface area contributed by atoms with Gasteiger partial charge in [0.25, 0.3) is 0 Å². The van der Waals surface area contributed by atoms with Crippen molar-refractivity contribution in [3.8, 4) is 33.6 Å². The molecule has 0 aliphatic rings. The zero-order valence-electron chi connectivity index (χ0n) is 27.6. The topological polar surface area (TPSA) is 9.86 Å². The van der Waals surface area contributed by atoms with E-state index in [1.54, 1.807) is 0 Å². The summed E-state index contributed by atoms with van der Waals surface area (Å²) in [5, 5.41) is 7.75. The molecule has 8 aromatic carbocycles. The number of thiophene rings is 1. The van der Waals surface area contributed by atoms with E-state index in [9.17, 15) is 0 Å². The predicted molar refractivity (Wildman–Crippen MR) is 219 cm³/mol. The molecular weight excluding hydrogens is 637 g/mol. The van der Waals surface area contributed by atoms with Gasteiger partial charge in [0.15, 0.2) is 0 Å². The van der Waals surface area contributed by atoms with E-state index in [0.717, 1.165) is 5.69 Å². The maximum atomic E-state index is 2.49. The number of aromatic nitrogens is 2. The summed E-state index contributed by atoms with van der Waals surface area (Å²) in [5.74, 6) is 0. The summed E-state index contributed by atoms with van der Waals surface area (Å²) in [6.45, 7) is 0. The SMILES string of the molecule is c1ccc(-c2cccc(-c3ccccc3-n3c4ccccc4c4c5sc6ccccc6c5ccc43)c2-n2c3ccccc3c3ccccc32)cc1. The minimum atomic E-state index is 1.16. The number of hydrogen-bond acceptors (Lipinski definition) is 1. The molecule has 0 saturated heterocycles. The van der Waals surface area contributed by atoms with Gasteiger partial charge in [0, 0.05) is 58.4 Å². The zero-order valence-corrected chi connectivity index (χ0v) is 28.4. The number of rotatable bonds is 4. The van der Waals surface area contributed by atoms with Crippen molar-refractivity contribution in [1.29, 1.82) is 0 Å². The quantitative estimate of drug-likeness (QED) is 0.177. The minimum absolute atomic E-state index is 1.16. The molecule has 3 heteroatoms. The average molecular weight is 667 g/mol. The molecule has 0 spiro atoms. The third-order valence-electron chi connectivity index (χ3n) is 10.5. The van der Waals surface area contributed by atoms with Gasteiger partial charge in [-0.15, -0.1) is 11.3 Å². The third kappa shape index (κ3) is 4.10. The second kappa shape index (κ2) is 11.0. The highest BCUT2D eigenvalue weighted by Crippen LogP contribution is 2.46. The van der Waals surface area contributed by atoms with Crippen molar-refractivity contribution in [2.45, 2.75) is 0 Å². The van der Waals surface area contributed by atoms with Crippen LogP contribution in [0.3, 0.4) is 0 Å². The molecule has 2 nitrogen and oxygen atoms in total. The minimum Gasteiger partial charge on any atom is -0.309 e. The van der Waals surface area contributed by atoms with Gasteiger partial charge in [0.1, 0.15) is 0 Å². The van der Waals surface area contributed by atoms with Crippen LogP contribution in [-0.4, -0.2) is 9.13 Å². The molecule has 51 heavy (non-hydrogen) atoms. The molecule has 238 valence electrons. The van der Waals surface area contributed by atoms with Crippen LogP contribution < -0.4 is 0 Å². The molecule has 0 saturated carbocycles. The highest BCUT2D eigenvalue weighted by atomic mass is 32.1. The molecular formula is C48H30N2S. The monoisotopic (exact) mass is 666 g/mol. The van der Waals surface area contributed by atoms with E-state index in [1.807, 2.05) is 11.3 Å². The van der Waals surface area contributed by atoms with E-state index in [0.29, 0.717) is 0 Å². The maximum Gasteiger partial charge on any atom is 0.0619 e. The number of nitrogens with zero attached hydrogens (tertiary/aromatic N) is 2. The Labute approximate surface area is 298 Å². The average Bonchev–Trinajstić information content (AvgIpc) is 3.86. The first-order chi connectivity index (χ1) is 25.3. The molecule has 0 radical (unpaired) electrons. The fraction of sp³-hybridized carbons (Fsp3) is 0.